The van der Waals surface area contributed by atoms with Gasteiger partial charge < -0.3 is 9.50 Å². The van der Waals surface area contributed by atoms with Crippen LogP contribution in [0.5, 0.6) is 5.75 Å². The summed E-state index contributed by atoms with van der Waals surface area (Å²) in [6.07, 6.45) is 4.01. The predicted octanol–water partition coefficient (Wildman–Crippen LogP) is 5.57. The van der Waals surface area contributed by atoms with Crippen molar-refractivity contribution < 1.29 is 22.2 Å². The molecule has 0 radical (unpaired) electrons. The second-order valence-electron chi connectivity index (χ2n) is 8.58. The Hall–Kier alpha value is -2.42. The molecule has 3 aliphatic rings. The topological polar surface area (TPSA) is 89.5 Å². The van der Waals surface area contributed by atoms with Crippen molar-refractivity contribution in [1.82, 2.24) is 5.32 Å². The first-order chi connectivity index (χ1) is 16.2. The van der Waals surface area contributed by atoms with Crippen LogP contribution < -0.4 is 9.50 Å². The lowest BCUT2D eigenvalue weighted by atomic mass is 9.71. The van der Waals surface area contributed by atoms with E-state index in [1.54, 1.807) is 18.2 Å². The number of hydrogen-bond acceptors (Lipinski definition) is 6. The van der Waals surface area contributed by atoms with Crippen LogP contribution in [0.4, 0.5) is 0 Å². The molecule has 5 rings (SSSR count). The molecule has 0 fully saturated rings. The van der Waals surface area contributed by atoms with E-state index in [0.29, 0.717) is 33.5 Å². The second-order valence-corrected chi connectivity index (χ2v) is 11.4. The van der Waals surface area contributed by atoms with Crippen LogP contribution in [0.2, 0.25) is 5.02 Å². The Kier molecular flexibility index (Phi) is 6.16. The highest BCUT2D eigenvalue weighted by Crippen LogP contribution is 2.46. The van der Waals surface area contributed by atoms with Gasteiger partial charge in [0.25, 0.3) is 0 Å². The minimum atomic E-state index is -4.07. The molecule has 176 valence electrons. The number of carbonyl (C=O) groups is 2. The van der Waals surface area contributed by atoms with Crippen molar-refractivity contribution in [3.63, 3.8) is 0 Å². The third-order valence-electron chi connectivity index (χ3n) is 6.38. The largest absolute Gasteiger partial charge is 0.378 e. The molecule has 2 aromatic rings. The van der Waals surface area contributed by atoms with Crippen LogP contribution in [0.1, 0.15) is 50.0 Å². The molecule has 0 amide bonds. The average Bonchev–Trinajstić information content (AvgIpc) is 2.80. The molecule has 2 aromatic carbocycles. The molecule has 9 heteroatoms. The molecule has 6 nitrogen and oxygen atoms in total. The number of Topliss-reactive ketones (excluding diaryl/α,β-unsaturated/α-hetero) is 2. The predicted molar refractivity (Wildman–Crippen MR) is 131 cm³/mol. The fourth-order valence-electron chi connectivity index (χ4n) is 4.85. The number of benzene rings is 2. The van der Waals surface area contributed by atoms with Gasteiger partial charge in [0.1, 0.15) is 4.90 Å². The van der Waals surface area contributed by atoms with Crippen LogP contribution in [0.3, 0.4) is 0 Å². The third kappa shape index (κ3) is 4.23. The molecular formula is C25H21BrClNO5S. The van der Waals surface area contributed by atoms with Gasteiger partial charge in [0.05, 0.1) is 4.47 Å². The van der Waals surface area contributed by atoms with Crippen LogP contribution in [0, 0.1) is 0 Å². The Morgan fingerprint density at radius 3 is 2.03 bits per heavy atom. The molecule has 34 heavy (non-hydrogen) atoms. The quantitative estimate of drug-likeness (QED) is 0.490. The molecule has 2 aliphatic carbocycles. The van der Waals surface area contributed by atoms with Crippen LogP contribution >= 0.6 is 27.5 Å². The summed E-state index contributed by atoms with van der Waals surface area (Å²) in [5.74, 6) is -0.262. The lowest BCUT2D eigenvalue weighted by Crippen LogP contribution is -2.36. The fourth-order valence-corrected chi connectivity index (χ4v) is 6.51. The maximum Gasteiger partial charge on any atom is 0.339 e. The van der Waals surface area contributed by atoms with Gasteiger partial charge in [-0.2, -0.15) is 8.42 Å². The summed E-state index contributed by atoms with van der Waals surface area (Å²) in [7, 11) is -4.07. The summed E-state index contributed by atoms with van der Waals surface area (Å²) < 4.78 is 31.2. The van der Waals surface area contributed by atoms with Gasteiger partial charge in [-0.25, -0.2) is 0 Å². The number of rotatable bonds is 4. The van der Waals surface area contributed by atoms with Gasteiger partial charge in [0.2, 0.25) is 0 Å². The summed E-state index contributed by atoms with van der Waals surface area (Å²) >= 11 is 9.28. The summed E-state index contributed by atoms with van der Waals surface area (Å²) in [6.45, 7) is 0. The SMILES string of the molecule is O=C1CCCC2=C1C(c1ccc(OS(=O)(=O)c3ccc(Cl)cc3)c(Br)c1)C1=C(CCCC1=O)N2. The Bertz CT molecular complexity index is 1340. The van der Waals surface area contributed by atoms with Gasteiger partial charge in [-0.1, -0.05) is 17.7 Å². The van der Waals surface area contributed by atoms with E-state index in [-0.39, 0.29) is 22.2 Å². The molecule has 0 unspecified atom stereocenters. The molecule has 0 spiro atoms. The van der Waals surface area contributed by atoms with Gasteiger partial charge in [-0.3, -0.25) is 9.59 Å². The molecule has 1 N–H and O–H groups in total. The Labute approximate surface area is 211 Å². The first-order valence-electron chi connectivity index (χ1n) is 11.0. The van der Waals surface area contributed by atoms with E-state index in [0.717, 1.165) is 42.6 Å². The van der Waals surface area contributed by atoms with Gasteiger partial charge >= 0.3 is 10.1 Å². The standard InChI is InChI=1S/C25H21BrClNO5S/c26-17-13-14(7-12-22(17)33-34(31,32)16-10-8-15(27)9-11-16)23-24-18(3-1-5-20(24)29)28-19-4-2-6-21(30)25(19)23/h7-13,23,28H,1-6H2. The first kappa shape index (κ1) is 23.3. The number of allylic oxidation sites excluding steroid dienone is 4. The number of carbonyl (C=O) groups excluding carboxylic acids is 2. The number of hydrogen-bond donors (Lipinski definition) is 1. The zero-order valence-corrected chi connectivity index (χ0v) is 21.2. The Balaban J connectivity index is 1.53. The molecular weight excluding hydrogens is 542 g/mol. The van der Waals surface area contributed by atoms with Crippen LogP contribution in [-0.2, 0) is 19.7 Å². The third-order valence-corrected chi connectivity index (χ3v) is 8.50. The number of nitrogens with one attached hydrogen (secondary N) is 1. The van der Waals surface area contributed by atoms with Gasteiger partial charge in [-0.05, 0) is 83.6 Å². The smallest absolute Gasteiger partial charge is 0.339 e. The van der Waals surface area contributed by atoms with E-state index in [9.17, 15) is 18.0 Å². The van der Waals surface area contributed by atoms with E-state index >= 15 is 0 Å². The van der Waals surface area contributed by atoms with Crippen LogP contribution in [-0.4, -0.2) is 20.0 Å². The van der Waals surface area contributed by atoms with Gasteiger partial charge in [-0.15, -0.1) is 0 Å². The Morgan fingerprint density at radius 1 is 0.882 bits per heavy atom. The van der Waals surface area contributed by atoms with Crippen molar-refractivity contribution in [2.75, 3.05) is 0 Å². The van der Waals surface area contributed by atoms with Crippen LogP contribution in [0.25, 0.3) is 0 Å². The average molecular weight is 563 g/mol. The van der Waals surface area contributed by atoms with E-state index < -0.39 is 16.0 Å². The molecule has 0 saturated carbocycles. The minimum absolute atomic E-state index is 0.0172. The lowest BCUT2D eigenvalue weighted by molar-refractivity contribution is -0.117. The van der Waals surface area contributed by atoms with Gasteiger partial charge in [0.15, 0.2) is 17.3 Å². The highest BCUT2D eigenvalue weighted by molar-refractivity contribution is 9.10. The molecule has 0 bridgehead atoms. The monoisotopic (exact) mass is 561 g/mol. The molecule has 0 saturated heterocycles. The minimum Gasteiger partial charge on any atom is -0.378 e. The van der Waals surface area contributed by atoms with E-state index in [2.05, 4.69) is 21.2 Å². The van der Waals surface area contributed by atoms with Crippen molar-refractivity contribution >= 4 is 49.2 Å². The van der Waals surface area contributed by atoms with Crippen molar-refractivity contribution in [3.8, 4) is 5.75 Å². The molecule has 1 aliphatic heterocycles. The van der Waals surface area contributed by atoms with E-state index in [1.165, 1.54) is 24.3 Å². The second kappa shape index (κ2) is 8.98. The maximum atomic E-state index is 13.0. The summed E-state index contributed by atoms with van der Waals surface area (Å²) in [6, 6.07) is 10.7. The zero-order valence-electron chi connectivity index (χ0n) is 18.1. The van der Waals surface area contributed by atoms with Crippen molar-refractivity contribution in [2.24, 2.45) is 0 Å². The number of dihydropyridines is 1. The first-order valence-corrected chi connectivity index (χ1v) is 13.6. The molecule has 1 heterocycles. The van der Waals surface area contributed by atoms with Crippen LogP contribution in [0.15, 0.2) is 74.4 Å². The highest BCUT2D eigenvalue weighted by Gasteiger charge is 2.40. The molecule has 0 atom stereocenters. The highest BCUT2D eigenvalue weighted by atomic mass is 79.9. The normalized spacial score (nSPS) is 19.0. The maximum absolute atomic E-state index is 13.0. The number of ketones is 2. The van der Waals surface area contributed by atoms with Crippen molar-refractivity contribution in [1.29, 1.82) is 0 Å². The fraction of sp³-hybridized carbons (Fsp3) is 0.280. The van der Waals surface area contributed by atoms with E-state index in [1.807, 2.05) is 0 Å². The van der Waals surface area contributed by atoms with Crippen molar-refractivity contribution in [3.05, 3.63) is 80.1 Å². The van der Waals surface area contributed by atoms with E-state index in [4.69, 9.17) is 15.8 Å². The van der Waals surface area contributed by atoms with Crippen molar-refractivity contribution in [2.45, 2.75) is 49.3 Å². The molecule has 0 aromatic heterocycles. The van der Waals surface area contributed by atoms with Gasteiger partial charge in [0, 0.05) is 46.3 Å². The summed E-state index contributed by atoms with van der Waals surface area (Å²) in [5.41, 5.74) is 3.84. The lowest BCUT2D eigenvalue weighted by Gasteiger charge is -2.37. The number of halogens is 2. The summed E-state index contributed by atoms with van der Waals surface area (Å²) in [5, 5.41) is 3.81. The Morgan fingerprint density at radius 2 is 1.47 bits per heavy atom. The summed E-state index contributed by atoms with van der Waals surface area (Å²) in [4.78, 5) is 25.9. The zero-order chi connectivity index (χ0) is 24.0.